The third-order valence-electron chi connectivity index (χ3n) is 4.02. The van der Waals surface area contributed by atoms with E-state index < -0.39 is 0 Å². The van der Waals surface area contributed by atoms with Gasteiger partial charge >= 0.3 is 0 Å². The third-order valence-corrected chi connectivity index (χ3v) is 4.02. The van der Waals surface area contributed by atoms with E-state index in [0.29, 0.717) is 28.7 Å². The van der Waals surface area contributed by atoms with Crippen molar-refractivity contribution in [3.8, 4) is 11.5 Å². The van der Waals surface area contributed by atoms with E-state index in [1.807, 2.05) is 26.0 Å². The van der Waals surface area contributed by atoms with Crippen LogP contribution < -0.4 is 20.1 Å². The Bertz CT molecular complexity index is 984. The number of rotatable bonds is 6. The van der Waals surface area contributed by atoms with Gasteiger partial charge in [-0.2, -0.15) is 0 Å². The van der Waals surface area contributed by atoms with Gasteiger partial charge < -0.3 is 20.1 Å². The van der Waals surface area contributed by atoms with Crippen LogP contribution in [0.5, 0.6) is 11.5 Å². The monoisotopic (exact) mass is 378 g/mol. The standard InChI is InChI=1S/C21H22N4O3/c1-13-10-14(2)23-21(22-13)24-16-7-5-6-15(11-16)20(26)25-18-9-8-17(27-3)12-19(18)28-4/h5-12H,1-4H3,(H,25,26)(H,22,23,24). The maximum Gasteiger partial charge on any atom is 0.255 e. The quantitative estimate of drug-likeness (QED) is 0.671. The predicted molar refractivity (Wildman–Crippen MR) is 109 cm³/mol. The number of anilines is 3. The number of amides is 1. The van der Waals surface area contributed by atoms with Crippen LogP contribution >= 0.6 is 0 Å². The molecule has 0 aliphatic heterocycles. The molecule has 0 saturated carbocycles. The maximum atomic E-state index is 12.7. The molecule has 0 atom stereocenters. The van der Waals surface area contributed by atoms with Gasteiger partial charge in [0.15, 0.2) is 0 Å². The molecule has 1 amide bonds. The Morgan fingerprint density at radius 2 is 1.68 bits per heavy atom. The minimum absolute atomic E-state index is 0.256. The van der Waals surface area contributed by atoms with Crippen LogP contribution in [0, 0.1) is 13.8 Å². The average molecular weight is 378 g/mol. The molecule has 0 unspecified atom stereocenters. The van der Waals surface area contributed by atoms with Gasteiger partial charge in [-0.15, -0.1) is 0 Å². The predicted octanol–water partition coefficient (Wildman–Crippen LogP) is 4.11. The Morgan fingerprint density at radius 3 is 2.36 bits per heavy atom. The van der Waals surface area contributed by atoms with Crippen LogP contribution in [-0.4, -0.2) is 30.1 Å². The second-order valence-electron chi connectivity index (χ2n) is 6.20. The molecule has 3 rings (SSSR count). The van der Waals surface area contributed by atoms with Gasteiger partial charge in [0, 0.05) is 28.7 Å². The minimum atomic E-state index is -0.256. The highest BCUT2D eigenvalue weighted by Gasteiger charge is 2.12. The van der Waals surface area contributed by atoms with Gasteiger partial charge in [-0.1, -0.05) is 6.07 Å². The molecule has 0 spiro atoms. The van der Waals surface area contributed by atoms with E-state index in [2.05, 4.69) is 20.6 Å². The number of carbonyl (C=O) groups excluding carboxylic acids is 1. The molecule has 0 fully saturated rings. The van der Waals surface area contributed by atoms with Crippen molar-refractivity contribution < 1.29 is 14.3 Å². The summed E-state index contributed by atoms with van der Waals surface area (Å²) >= 11 is 0. The number of aromatic nitrogens is 2. The van der Waals surface area contributed by atoms with Crippen molar-refractivity contribution in [3.63, 3.8) is 0 Å². The maximum absolute atomic E-state index is 12.7. The Labute approximate surface area is 163 Å². The molecule has 28 heavy (non-hydrogen) atoms. The summed E-state index contributed by atoms with van der Waals surface area (Å²) < 4.78 is 10.5. The smallest absolute Gasteiger partial charge is 0.255 e. The summed E-state index contributed by atoms with van der Waals surface area (Å²) in [7, 11) is 3.11. The lowest BCUT2D eigenvalue weighted by atomic mass is 10.1. The van der Waals surface area contributed by atoms with Crippen LogP contribution in [-0.2, 0) is 0 Å². The largest absolute Gasteiger partial charge is 0.497 e. The topological polar surface area (TPSA) is 85.4 Å². The van der Waals surface area contributed by atoms with E-state index in [1.54, 1.807) is 50.6 Å². The van der Waals surface area contributed by atoms with Crippen molar-refractivity contribution in [3.05, 3.63) is 65.5 Å². The van der Waals surface area contributed by atoms with Crippen molar-refractivity contribution >= 4 is 23.2 Å². The summed E-state index contributed by atoms with van der Waals surface area (Å²) in [5, 5.41) is 6.00. The molecule has 2 aromatic carbocycles. The number of aryl methyl sites for hydroxylation is 2. The summed E-state index contributed by atoms with van der Waals surface area (Å²) in [6.45, 7) is 3.82. The number of ether oxygens (including phenoxy) is 2. The second kappa shape index (κ2) is 8.39. The fraction of sp³-hybridized carbons (Fsp3) is 0.190. The van der Waals surface area contributed by atoms with Gasteiger partial charge in [-0.05, 0) is 50.2 Å². The van der Waals surface area contributed by atoms with E-state index in [1.165, 1.54) is 0 Å². The lowest BCUT2D eigenvalue weighted by molar-refractivity contribution is 0.102. The molecule has 0 saturated heterocycles. The second-order valence-corrected chi connectivity index (χ2v) is 6.20. The van der Waals surface area contributed by atoms with Crippen LogP contribution in [0.2, 0.25) is 0 Å². The number of carbonyl (C=O) groups is 1. The molecular formula is C21H22N4O3. The zero-order chi connectivity index (χ0) is 20.1. The first kappa shape index (κ1) is 19.2. The average Bonchev–Trinajstić information content (AvgIpc) is 2.67. The fourth-order valence-electron chi connectivity index (χ4n) is 2.75. The van der Waals surface area contributed by atoms with E-state index in [9.17, 15) is 4.79 Å². The molecular weight excluding hydrogens is 356 g/mol. The molecule has 0 aliphatic rings. The van der Waals surface area contributed by atoms with E-state index in [0.717, 1.165) is 17.1 Å². The molecule has 1 aromatic heterocycles. The van der Waals surface area contributed by atoms with E-state index in [-0.39, 0.29) is 5.91 Å². The lowest BCUT2D eigenvalue weighted by Crippen LogP contribution is -2.13. The first-order chi connectivity index (χ1) is 13.5. The van der Waals surface area contributed by atoms with Crippen LogP contribution in [0.25, 0.3) is 0 Å². The Kier molecular flexibility index (Phi) is 5.74. The molecule has 0 aliphatic carbocycles. The van der Waals surface area contributed by atoms with Gasteiger partial charge in [0.2, 0.25) is 5.95 Å². The molecule has 2 N–H and O–H groups in total. The molecule has 0 radical (unpaired) electrons. The summed E-state index contributed by atoms with van der Waals surface area (Å²) in [4.78, 5) is 21.4. The first-order valence-corrected chi connectivity index (χ1v) is 8.71. The zero-order valence-electron chi connectivity index (χ0n) is 16.2. The number of nitrogens with one attached hydrogen (secondary N) is 2. The number of hydrogen-bond donors (Lipinski definition) is 2. The number of hydrogen-bond acceptors (Lipinski definition) is 6. The highest BCUT2D eigenvalue weighted by molar-refractivity contribution is 6.05. The molecule has 1 heterocycles. The Hall–Kier alpha value is -3.61. The van der Waals surface area contributed by atoms with Crippen LogP contribution in [0.3, 0.4) is 0 Å². The van der Waals surface area contributed by atoms with Crippen LogP contribution in [0.1, 0.15) is 21.7 Å². The first-order valence-electron chi connectivity index (χ1n) is 8.71. The molecule has 7 heteroatoms. The summed E-state index contributed by atoms with van der Waals surface area (Å²) in [5.74, 6) is 1.40. The van der Waals surface area contributed by atoms with Crippen molar-refractivity contribution in [2.24, 2.45) is 0 Å². The minimum Gasteiger partial charge on any atom is -0.497 e. The SMILES string of the molecule is COc1ccc(NC(=O)c2cccc(Nc3nc(C)cc(C)n3)c2)c(OC)c1. The summed E-state index contributed by atoms with van der Waals surface area (Å²) in [6, 6.07) is 14.2. The van der Waals surface area contributed by atoms with Gasteiger partial charge in [0.25, 0.3) is 5.91 Å². The van der Waals surface area contributed by atoms with Crippen molar-refractivity contribution in [1.29, 1.82) is 0 Å². The van der Waals surface area contributed by atoms with Gasteiger partial charge in [0.1, 0.15) is 11.5 Å². The number of benzene rings is 2. The van der Waals surface area contributed by atoms with Crippen LogP contribution in [0.4, 0.5) is 17.3 Å². The summed E-state index contributed by atoms with van der Waals surface area (Å²) in [6.07, 6.45) is 0. The molecule has 3 aromatic rings. The highest BCUT2D eigenvalue weighted by atomic mass is 16.5. The third kappa shape index (κ3) is 4.56. The lowest BCUT2D eigenvalue weighted by Gasteiger charge is -2.12. The van der Waals surface area contributed by atoms with Crippen molar-refractivity contribution in [2.75, 3.05) is 24.9 Å². The van der Waals surface area contributed by atoms with Crippen molar-refractivity contribution in [1.82, 2.24) is 9.97 Å². The van der Waals surface area contributed by atoms with Gasteiger partial charge in [0.05, 0.1) is 19.9 Å². The zero-order valence-corrected chi connectivity index (χ0v) is 16.2. The van der Waals surface area contributed by atoms with Crippen molar-refractivity contribution in [2.45, 2.75) is 13.8 Å². The van der Waals surface area contributed by atoms with E-state index >= 15 is 0 Å². The number of nitrogens with zero attached hydrogens (tertiary/aromatic N) is 2. The van der Waals surface area contributed by atoms with Gasteiger partial charge in [-0.25, -0.2) is 9.97 Å². The van der Waals surface area contributed by atoms with Crippen LogP contribution in [0.15, 0.2) is 48.5 Å². The molecule has 7 nitrogen and oxygen atoms in total. The normalized spacial score (nSPS) is 10.3. The Morgan fingerprint density at radius 1 is 0.929 bits per heavy atom. The summed E-state index contributed by atoms with van der Waals surface area (Å²) in [5.41, 5.74) is 3.52. The Balaban J connectivity index is 1.79. The van der Waals surface area contributed by atoms with Gasteiger partial charge in [-0.3, -0.25) is 4.79 Å². The highest BCUT2D eigenvalue weighted by Crippen LogP contribution is 2.29. The van der Waals surface area contributed by atoms with E-state index in [4.69, 9.17) is 9.47 Å². The number of methoxy groups -OCH3 is 2. The molecule has 144 valence electrons. The fourth-order valence-corrected chi connectivity index (χ4v) is 2.75. The molecule has 0 bridgehead atoms.